The van der Waals surface area contributed by atoms with Gasteiger partial charge in [0.15, 0.2) is 0 Å². The van der Waals surface area contributed by atoms with Crippen molar-refractivity contribution < 1.29 is 24.3 Å². The summed E-state index contributed by atoms with van der Waals surface area (Å²) < 4.78 is 0. The van der Waals surface area contributed by atoms with Crippen molar-refractivity contribution in [2.75, 3.05) is 46.3 Å². The second-order valence-corrected chi connectivity index (χ2v) is 11.1. The van der Waals surface area contributed by atoms with Crippen LogP contribution >= 0.6 is 11.8 Å². The molecule has 0 unspecified atom stereocenters. The molecule has 34 heavy (non-hydrogen) atoms. The van der Waals surface area contributed by atoms with Gasteiger partial charge in [-0.2, -0.15) is 0 Å². The van der Waals surface area contributed by atoms with E-state index in [1.807, 2.05) is 18.7 Å². The first-order valence-electron chi connectivity index (χ1n) is 12.1. The average Bonchev–Trinajstić information content (AvgIpc) is 3.36. The zero-order valence-corrected chi connectivity index (χ0v) is 20.8. The van der Waals surface area contributed by atoms with Gasteiger partial charge in [-0.1, -0.05) is 13.8 Å². The molecular weight excluding hydrogens is 458 g/mol. The lowest BCUT2D eigenvalue weighted by Crippen LogP contribution is -2.62. The summed E-state index contributed by atoms with van der Waals surface area (Å²) in [5.74, 6) is -1.77. The van der Waals surface area contributed by atoms with Crippen LogP contribution in [0.2, 0.25) is 0 Å². The van der Waals surface area contributed by atoms with Crippen molar-refractivity contribution in [2.45, 2.75) is 44.0 Å². The lowest BCUT2D eigenvalue weighted by Gasteiger charge is -2.47. The molecule has 2 amide bonds. The number of hydrogen-bond donors (Lipinski definition) is 4. The average molecular weight is 494 g/mol. The summed E-state index contributed by atoms with van der Waals surface area (Å²) in [6.45, 7) is 7.76. The summed E-state index contributed by atoms with van der Waals surface area (Å²) in [5.41, 5.74) is 0.0781. The molecule has 4 N–H and O–H groups in total. The van der Waals surface area contributed by atoms with E-state index >= 15 is 0 Å². The molecule has 0 spiro atoms. The van der Waals surface area contributed by atoms with Gasteiger partial charge in [0, 0.05) is 55.2 Å². The fourth-order valence-electron chi connectivity index (χ4n) is 5.79. The molecule has 0 radical (unpaired) electrons. The molecule has 0 aliphatic carbocycles. The van der Waals surface area contributed by atoms with Crippen LogP contribution in [-0.2, 0) is 19.2 Å². The predicted octanol–water partition coefficient (Wildman–Crippen LogP) is -0.530. The van der Waals surface area contributed by atoms with E-state index in [4.69, 9.17) is 0 Å². The number of likely N-dealkylation sites (N-methyl/N-ethyl adjacent to an activating group) is 1. The number of aliphatic carboxylic acids is 1. The monoisotopic (exact) mass is 493 g/mol. The van der Waals surface area contributed by atoms with Gasteiger partial charge >= 0.3 is 5.97 Å². The highest BCUT2D eigenvalue weighted by atomic mass is 32.2. The fourth-order valence-corrected chi connectivity index (χ4v) is 7.27. The molecule has 6 atom stereocenters. The van der Waals surface area contributed by atoms with Crippen LogP contribution in [0.1, 0.15) is 26.7 Å². The third-order valence-corrected chi connectivity index (χ3v) is 8.95. The molecule has 0 bridgehead atoms. The number of piperazine rings is 1. The SMILES string of the molecule is CNCC(=O)C[C@H](C)[C@H]1C(=O)N2C(C(=O)O)=C(S[C@@H]3CN[C@H](C(=O)N4CCNCC4)C3)[C@H](C)[C@H]12. The summed E-state index contributed by atoms with van der Waals surface area (Å²) in [7, 11) is 1.71. The van der Waals surface area contributed by atoms with Crippen LogP contribution in [0.15, 0.2) is 10.6 Å². The number of carboxylic acids is 1. The highest BCUT2D eigenvalue weighted by Crippen LogP contribution is 2.53. The minimum atomic E-state index is -1.10. The van der Waals surface area contributed by atoms with Gasteiger partial charge in [-0.25, -0.2) is 4.79 Å². The van der Waals surface area contributed by atoms with E-state index in [0.717, 1.165) is 13.1 Å². The Morgan fingerprint density at radius 2 is 1.97 bits per heavy atom. The lowest BCUT2D eigenvalue weighted by molar-refractivity contribution is -0.160. The Bertz CT molecular complexity index is 889. The maximum atomic E-state index is 13.0. The normalized spacial score (nSPS) is 32.0. The molecule has 188 valence electrons. The van der Waals surface area contributed by atoms with Crippen LogP contribution in [0.4, 0.5) is 0 Å². The van der Waals surface area contributed by atoms with Crippen molar-refractivity contribution in [1.82, 2.24) is 25.8 Å². The van der Waals surface area contributed by atoms with Crippen LogP contribution in [-0.4, -0.2) is 102 Å². The fraction of sp³-hybridized carbons (Fsp3) is 0.739. The van der Waals surface area contributed by atoms with Gasteiger partial charge in [0.25, 0.3) is 0 Å². The summed E-state index contributed by atoms with van der Waals surface area (Å²) >= 11 is 1.49. The van der Waals surface area contributed by atoms with Gasteiger partial charge in [-0.3, -0.25) is 14.4 Å². The number of ketones is 1. The number of amides is 2. The minimum Gasteiger partial charge on any atom is -0.477 e. The molecule has 10 nitrogen and oxygen atoms in total. The van der Waals surface area contributed by atoms with Gasteiger partial charge in [0.1, 0.15) is 11.5 Å². The standard InChI is InChI=1S/C23H35N5O5S/c1-12(8-14(29)10-24-3)17-18-13(2)20(19(23(32)33)28(18)22(17)31)34-15-9-16(26-11-15)21(30)27-6-4-25-5-7-27/h12-13,15-18,24-26H,4-11H2,1-3H3,(H,32,33)/t12-,13+,15-,16-,17+,18+/m0/s1. The van der Waals surface area contributed by atoms with E-state index in [-0.39, 0.29) is 64.9 Å². The Labute approximate surface area is 204 Å². The van der Waals surface area contributed by atoms with Crippen molar-refractivity contribution in [2.24, 2.45) is 17.8 Å². The third kappa shape index (κ3) is 4.62. The number of carboxylic acid groups (broad SMARTS) is 1. The number of hydrogen-bond acceptors (Lipinski definition) is 8. The number of carbonyl (C=O) groups is 4. The van der Waals surface area contributed by atoms with E-state index in [0.29, 0.717) is 37.4 Å². The Kier molecular flexibility index (Phi) is 7.66. The number of β-lactam (4-membered cyclic amide) rings is 1. The first-order chi connectivity index (χ1) is 16.2. The highest BCUT2D eigenvalue weighted by Gasteiger charge is 2.60. The Morgan fingerprint density at radius 3 is 2.62 bits per heavy atom. The summed E-state index contributed by atoms with van der Waals surface area (Å²) in [5, 5.41) is 19.4. The van der Waals surface area contributed by atoms with Crippen molar-refractivity contribution in [3.8, 4) is 0 Å². The van der Waals surface area contributed by atoms with Crippen LogP contribution in [0.3, 0.4) is 0 Å². The predicted molar refractivity (Wildman–Crippen MR) is 128 cm³/mol. The number of rotatable bonds is 9. The molecule has 4 aliphatic heterocycles. The number of Topliss-reactive ketones (excluding diaryl/α,β-unsaturated/α-hetero) is 1. The second kappa shape index (κ2) is 10.3. The summed E-state index contributed by atoms with van der Waals surface area (Å²) in [6, 6.07) is -0.489. The molecule has 3 fully saturated rings. The Balaban J connectivity index is 1.43. The molecule has 4 heterocycles. The number of nitrogens with one attached hydrogen (secondary N) is 3. The minimum absolute atomic E-state index is 0.0464. The number of thioether (sulfide) groups is 1. The molecule has 4 aliphatic rings. The van der Waals surface area contributed by atoms with Crippen LogP contribution in [0.25, 0.3) is 0 Å². The molecule has 0 aromatic heterocycles. The van der Waals surface area contributed by atoms with E-state index in [2.05, 4.69) is 16.0 Å². The van der Waals surface area contributed by atoms with Gasteiger partial charge < -0.3 is 30.9 Å². The van der Waals surface area contributed by atoms with Gasteiger partial charge in [0.05, 0.1) is 24.5 Å². The number of carbonyl (C=O) groups excluding carboxylic acids is 3. The van der Waals surface area contributed by atoms with E-state index in [9.17, 15) is 24.3 Å². The van der Waals surface area contributed by atoms with Crippen LogP contribution in [0, 0.1) is 17.8 Å². The van der Waals surface area contributed by atoms with Crippen LogP contribution < -0.4 is 16.0 Å². The highest BCUT2D eigenvalue weighted by molar-refractivity contribution is 8.03. The Morgan fingerprint density at radius 1 is 1.26 bits per heavy atom. The van der Waals surface area contributed by atoms with Crippen molar-refractivity contribution in [3.05, 3.63) is 10.6 Å². The van der Waals surface area contributed by atoms with Gasteiger partial charge in [-0.15, -0.1) is 11.8 Å². The van der Waals surface area contributed by atoms with Crippen molar-refractivity contribution in [1.29, 1.82) is 0 Å². The molecule has 4 rings (SSSR count). The zero-order chi connectivity index (χ0) is 24.6. The topological polar surface area (TPSA) is 131 Å². The first kappa shape index (κ1) is 25.2. The molecule has 11 heteroatoms. The van der Waals surface area contributed by atoms with Crippen LogP contribution in [0.5, 0.6) is 0 Å². The first-order valence-corrected chi connectivity index (χ1v) is 13.0. The number of fused-ring (bicyclic) bond motifs is 1. The largest absolute Gasteiger partial charge is 0.477 e. The maximum Gasteiger partial charge on any atom is 0.353 e. The smallest absolute Gasteiger partial charge is 0.353 e. The van der Waals surface area contributed by atoms with E-state index in [1.54, 1.807) is 7.05 Å². The molecule has 0 aromatic carbocycles. The second-order valence-electron chi connectivity index (χ2n) is 9.79. The molecule has 3 saturated heterocycles. The van der Waals surface area contributed by atoms with Crippen molar-refractivity contribution in [3.63, 3.8) is 0 Å². The van der Waals surface area contributed by atoms with Gasteiger partial charge in [-0.05, 0) is 19.4 Å². The quantitative estimate of drug-likeness (QED) is 0.313. The molecule has 0 saturated carbocycles. The summed E-state index contributed by atoms with van der Waals surface area (Å²) in [6.07, 6.45) is 0.926. The molecule has 0 aromatic rings. The van der Waals surface area contributed by atoms with Gasteiger partial charge in [0.2, 0.25) is 11.8 Å². The van der Waals surface area contributed by atoms with Crippen molar-refractivity contribution >= 4 is 35.3 Å². The van der Waals surface area contributed by atoms with E-state index in [1.165, 1.54) is 16.7 Å². The maximum absolute atomic E-state index is 13.0. The number of nitrogens with zero attached hydrogens (tertiary/aromatic N) is 2. The molecular formula is C23H35N5O5S. The Hall–Kier alpha value is -1.95. The third-order valence-electron chi connectivity index (χ3n) is 7.44. The van der Waals surface area contributed by atoms with E-state index < -0.39 is 5.97 Å². The zero-order valence-electron chi connectivity index (χ0n) is 20.0. The lowest BCUT2D eigenvalue weighted by atomic mass is 9.73. The summed E-state index contributed by atoms with van der Waals surface area (Å²) in [4.78, 5) is 54.2.